The highest BCUT2D eigenvalue weighted by molar-refractivity contribution is 5.85. The SMILES string of the molecule is Cn1c(-c2cccnc2)nc2cc3c(cc21)NCCC3. The number of imidazole rings is 1. The Morgan fingerprint density at radius 2 is 2.25 bits per heavy atom. The Balaban J connectivity index is 1.94. The third-order valence-electron chi connectivity index (χ3n) is 3.96. The van der Waals surface area contributed by atoms with E-state index in [9.17, 15) is 0 Å². The summed E-state index contributed by atoms with van der Waals surface area (Å²) in [5, 5.41) is 3.48. The molecule has 3 aromatic rings. The Morgan fingerprint density at radius 1 is 1.30 bits per heavy atom. The van der Waals surface area contributed by atoms with Gasteiger partial charge in [-0.05, 0) is 42.7 Å². The molecule has 0 atom stereocenters. The first kappa shape index (κ1) is 11.5. The predicted octanol–water partition coefficient (Wildman–Crippen LogP) is 2.99. The van der Waals surface area contributed by atoms with Gasteiger partial charge in [0.15, 0.2) is 0 Å². The molecule has 4 nitrogen and oxygen atoms in total. The molecule has 0 saturated carbocycles. The van der Waals surface area contributed by atoms with Crippen LogP contribution in [-0.2, 0) is 13.5 Å². The molecule has 0 unspecified atom stereocenters. The van der Waals surface area contributed by atoms with E-state index in [4.69, 9.17) is 4.98 Å². The van der Waals surface area contributed by atoms with Crippen molar-refractivity contribution < 1.29 is 0 Å². The number of benzene rings is 1. The molecule has 4 rings (SSSR count). The maximum absolute atomic E-state index is 4.79. The fourth-order valence-corrected chi connectivity index (χ4v) is 2.91. The zero-order chi connectivity index (χ0) is 13.5. The molecular formula is C16H16N4. The second-order valence-corrected chi connectivity index (χ2v) is 5.26. The Bertz CT molecular complexity index is 774. The first-order chi connectivity index (χ1) is 9.83. The van der Waals surface area contributed by atoms with Gasteiger partial charge in [0.1, 0.15) is 5.82 Å². The summed E-state index contributed by atoms with van der Waals surface area (Å²) in [6, 6.07) is 8.43. The van der Waals surface area contributed by atoms with Gasteiger partial charge in [0, 0.05) is 37.2 Å². The van der Waals surface area contributed by atoms with Gasteiger partial charge in [-0.3, -0.25) is 4.98 Å². The van der Waals surface area contributed by atoms with Gasteiger partial charge in [0.05, 0.1) is 11.0 Å². The lowest BCUT2D eigenvalue weighted by Crippen LogP contribution is -2.11. The Labute approximate surface area is 117 Å². The first-order valence-corrected chi connectivity index (χ1v) is 6.96. The molecule has 0 aliphatic carbocycles. The number of nitrogens with zero attached hydrogens (tertiary/aromatic N) is 3. The number of hydrogen-bond acceptors (Lipinski definition) is 3. The second kappa shape index (κ2) is 4.34. The molecule has 0 radical (unpaired) electrons. The zero-order valence-corrected chi connectivity index (χ0v) is 11.4. The minimum atomic E-state index is 0.968. The van der Waals surface area contributed by atoms with Crippen LogP contribution in [0.1, 0.15) is 12.0 Å². The normalized spacial score (nSPS) is 14.1. The minimum absolute atomic E-state index is 0.968. The van der Waals surface area contributed by atoms with E-state index in [0.717, 1.165) is 35.4 Å². The molecule has 0 bridgehead atoms. The molecule has 1 aliphatic rings. The van der Waals surface area contributed by atoms with E-state index in [1.165, 1.54) is 17.7 Å². The van der Waals surface area contributed by atoms with E-state index in [1.807, 2.05) is 18.3 Å². The van der Waals surface area contributed by atoms with Gasteiger partial charge in [0.25, 0.3) is 0 Å². The van der Waals surface area contributed by atoms with E-state index in [2.05, 4.69) is 34.0 Å². The molecule has 0 amide bonds. The number of aryl methyl sites for hydroxylation is 2. The van der Waals surface area contributed by atoms with Crippen molar-refractivity contribution in [3.63, 3.8) is 0 Å². The molecule has 100 valence electrons. The average molecular weight is 264 g/mol. The highest BCUT2D eigenvalue weighted by Crippen LogP contribution is 2.30. The number of anilines is 1. The van der Waals surface area contributed by atoms with E-state index in [1.54, 1.807) is 6.20 Å². The lowest BCUT2D eigenvalue weighted by Gasteiger charge is -2.17. The molecule has 0 spiro atoms. The molecule has 1 aliphatic heterocycles. The summed E-state index contributed by atoms with van der Waals surface area (Å²) in [5.41, 5.74) is 5.91. The molecule has 1 aromatic carbocycles. The maximum atomic E-state index is 4.79. The van der Waals surface area contributed by atoms with Crippen molar-refractivity contribution in [2.75, 3.05) is 11.9 Å². The van der Waals surface area contributed by atoms with Crippen LogP contribution in [0, 0.1) is 0 Å². The largest absolute Gasteiger partial charge is 0.385 e. The van der Waals surface area contributed by atoms with Crippen molar-refractivity contribution in [1.82, 2.24) is 14.5 Å². The van der Waals surface area contributed by atoms with Gasteiger partial charge in [-0.15, -0.1) is 0 Å². The van der Waals surface area contributed by atoms with Crippen molar-refractivity contribution in [2.45, 2.75) is 12.8 Å². The molecule has 2 aromatic heterocycles. The second-order valence-electron chi connectivity index (χ2n) is 5.26. The lowest BCUT2D eigenvalue weighted by atomic mass is 10.0. The van der Waals surface area contributed by atoms with Crippen LogP contribution in [0.25, 0.3) is 22.4 Å². The molecule has 0 saturated heterocycles. The monoisotopic (exact) mass is 264 g/mol. The molecule has 20 heavy (non-hydrogen) atoms. The smallest absolute Gasteiger partial charge is 0.142 e. The quantitative estimate of drug-likeness (QED) is 0.734. The van der Waals surface area contributed by atoms with Crippen molar-refractivity contribution in [3.05, 3.63) is 42.2 Å². The Morgan fingerprint density at radius 3 is 3.10 bits per heavy atom. The number of hydrogen-bond donors (Lipinski definition) is 1. The summed E-state index contributed by atoms with van der Waals surface area (Å²) in [7, 11) is 2.06. The van der Waals surface area contributed by atoms with Gasteiger partial charge in [-0.1, -0.05) is 0 Å². The van der Waals surface area contributed by atoms with Crippen molar-refractivity contribution in [3.8, 4) is 11.4 Å². The Kier molecular flexibility index (Phi) is 2.49. The minimum Gasteiger partial charge on any atom is -0.385 e. The number of rotatable bonds is 1. The topological polar surface area (TPSA) is 42.7 Å². The van der Waals surface area contributed by atoms with Crippen LogP contribution >= 0.6 is 0 Å². The van der Waals surface area contributed by atoms with E-state index >= 15 is 0 Å². The van der Waals surface area contributed by atoms with E-state index in [-0.39, 0.29) is 0 Å². The predicted molar refractivity (Wildman–Crippen MR) is 80.8 cm³/mol. The van der Waals surface area contributed by atoms with Crippen LogP contribution in [0.2, 0.25) is 0 Å². The summed E-state index contributed by atoms with van der Waals surface area (Å²) >= 11 is 0. The van der Waals surface area contributed by atoms with Crippen molar-refractivity contribution in [2.24, 2.45) is 7.05 Å². The van der Waals surface area contributed by atoms with Crippen LogP contribution < -0.4 is 5.32 Å². The zero-order valence-electron chi connectivity index (χ0n) is 11.4. The van der Waals surface area contributed by atoms with Gasteiger partial charge in [-0.2, -0.15) is 0 Å². The van der Waals surface area contributed by atoms with Gasteiger partial charge in [0.2, 0.25) is 0 Å². The molecular weight excluding hydrogens is 248 g/mol. The van der Waals surface area contributed by atoms with Gasteiger partial charge in [-0.25, -0.2) is 4.98 Å². The van der Waals surface area contributed by atoms with Gasteiger partial charge >= 0.3 is 0 Å². The standard InChI is InChI=1S/C16H16N4/c1-20-15-9-13-11(4-3-7-18-13)8-14(15)19-16(20)12-5-2-6-17-10-12/h2,5-6,8-10,18H,3-4,7H2,1H3. The highest BCUT2D eigenvalue weighted by Gasteiger charge is 2.15. The summed E-state index contributed by atoms with van der Waals surface area (Å²) in [6.45, 7) is 1.06. The van der Waals surface area contributed by atoms with Gasteiger partial charge < -0.3 is 9.88 Å². The fraction of sp³-hybridized carbons (Fsp3) is 0.250. The number of fused-ring (bicyclic) bond motifs is 2. The summed E-state index contributed by atoms with van der Waals surface area (Å²) in [4.78, 5) is 8.97. The number of aromatic nitrogens is 3. The number of nitrogens with one attached hydrogen (secondary N) is 1. The fourth-order valence-electron chi connectivity index (χ4n) is 2.91. The van der Waals surface area contributed by atoms with E-state index in [0.29, 0.717) is 0 Å². The molecule has 3 heterocycles. The summed E-state index contributed by atoms with van der Waals surface area (Å²) in [6.07, 6.45) is 5.98. The summed E-state index contributed by atoms with van der Waals surface area (Å²) in [5.74, 6) is 0.968. The van der Waals surface area contributed by atoms with Crippen LogP contribution in [0.3, 0.4) is 0 Å². The number of pyridine rings is 1. The van der Waals surface area contributed by atoms with E-state index < -0.39 is 0 Å². The molecule has 0 fully saturated rings. The lowest BCUT2D eigenvalue weighted by molar-refractivity contribution is 0.831. The first-order valence-electron chi connectivity index (χ1n) is 6.96. The average Bonchev–Trinajstić information content (AvgIpc) is 2.83. The van der Waals surface area contributed by atoms with Crippen LogP contribution in [0.15, 0.2) is 36.7 Å². The molecule has 1 N–H and O–H groups in total. The third kappa shape index (κ3) is 1.68. The maximum Gasteiger partial charge on any atom is 0.142 e. The Hall–Kier alpha value is -2.36. The third-order valence-corrected chi connectivity index (χ3v) is 3.96. The van der Waals surface area contributed by atoms with Crippen LogP contribution in [0.5, 0.6) is 0 Å². The van der Waals surface area contributed by atoms with Crippen LogP contribution in [0.4, 0.5) is 5.69 Å². The van der Waals surface area contributed by atoms with Crippen molar-refractivity contribution >= 4 is 16.7 Å². The van der Waals surface area contributed by atoms with Crippen molar-refractivity contribution in [1.29, 1.82) is 0 Å². The molecule has 4 heteroatoms. The summed E-state index contributed by atoms with van der Waals surface area (Å²) < 4.78 is 2.14. The van der Waals surface area contributed by atoms with Crippen LogP contribution in [-0.4, -0.2) is 21.1 Å². The highest BCUT2D eigenvalue weighted by atomic mass is 15.1.